The van der Waals surface area contributed by atoms with Gasteiger partial charge >= 0.3 is 0 Å². The van der Waals surface area contributed by atoms with Crippen LogP contribution in [0.25, 0.3) is 17.1 Å². The molecule has 0 aliphatic rings. The van der Waals surface area contributed by atoms with E-state index in [0.717, 1.165) is 22.6 Å². The number of benzene rings is 3. The average Bonchev–Trinajstić information content (AvgIpc) is 3.31. The van der Waals surface area contributed by atoms with Gasteiger partial charge in [0.15, 0.2) is 11.0 Å². The largest absolute Gasteiger partial charge is 0.494 e. The Morgan fingerprint density at radius 3 is 2.43 bits per heavy atom. The van der Waals surface area contributed by atoms with E-state index >= 15 is 0 Å². The summed E-state index contributed by atoms with van der Waals surface area (Å²) in [5.41, 5.74) is 5.97. The summed E-state index contributed by atoms with van der Waals surface area (Å²) < 4.78 is 7.50. The van der Waals surface area contributed by atoms with Gasteiger partial charge < -0.3 is 4.74 Å². The van der Waals surface area contributed by atoms with E-state index in [0.29, 0.717) is 28.3 Å². The van der Waals surface area contributed by atoms with Crippen LogP contribution in [0.3, 0.4) is 0 Å². The minimum Gasteiger partial charge on any atom is -0.494 e. The molecule has 4 rings (SSSR count). The fourth-order valence-electron chi connectivity index (χ4n) is 3.29. The van der Waals surface area contributed by atoms with Crippen molar-refractivity contribution in [2.45, 2.75) is 19.0 Å². The van der Waals surface area contributed by atoms with Gasteiger partial charge in [-0.2, -0.15) is 5.10 Å². The van der Waals surface area contributed by atoms with Crippen molar-refractivity contribution >= 4 is 35.0 Å². The summed E-state index contributed by atoms with van der Waals surface area (Å²) in [6, 6.07) is 24.8. The molecule has 1 aromatic heterocycles. The number of thioether (sulfide) groups is 1. The number of amides is 1. The molecule has 0 saturated heterocycles. The molecule has 9 heteroatoms. The maximum atomic E-state index is 12.5. The number of ether oxygens (including phenoxy) is 1. The first kappa shape index (κ1) is 24.5. The fourth-order valence-corrected chi connectivity index (χ4v) is 4.16. The lowest BCUT2D eigenvalue weighted by atomic mass is 10.1. The molecular formula is C26H24ClN5O2S. The third-order valence-corrected chi connectivity index (χ3v) is 6.19. The van der Waals surface area contributed by atoms with Crippen LogP contribution in [0.1, 0.15) is 19.4 Å². The lowest BCUT2D eigenvalue weighted by molar-refractivity contribution is -0.118. The number of nitrogens with zero attached hydrogens (tertiary/aromatic N) is 4. The molecule has 0 atom stereocenters. The van der Waals surface area contributed by atoms with Crippen LogP contribution in [-0.2, 0) is 4.79 Å². The first-order valence-electron chi connectivity index (χ1n) is 11.0. The van der Waals surface area contributed by atoms with E-state index in [4.69, 9.17) is 16.3 Å². The number of rotatable bonds is 9. The molecule has 3 aromatic carbocycles. The quantitative estimate of drug-likeness (QED) is 0.181. The number of nitrogens with one attached hydrogen (secondary N) is 1. The number of carbonyl (C=O) groups is 1. The Balaban J connectivity index is 1.52. The molecule has 1 amide bonds. The highest BCUT2D eigenvalue weighted by Gasteiger charge is 2.17. The fraction of sp³-hybridized carbons (Fsp3) is 0.154. The minimum atomic E-state index is -0.245. The second-order valence-corrected chi connectivity index (χ2v) is 8.84. The van der Waals surface area contributed by atoms with Crippen LogP contribution in [0.15, 0.2) is 89.1 Å². The highest BCUT2D eigenvalue weighted by atomic mass is 35.5. The summed E-state index contributed by atoms with van der Waals surface area (Å²) in [6.07, 6.45) is 0. The van der Waals surface area contributed by atoms with Gasteiger partial charge in [-0.15, -0.1) is 10.2 Å². The molecular weight excluding hydrogens is 482 g/mol. The zero-order valence-electron chi connectivity index (χ0n) is 19.3. The third-order valence-electron chi connectivity index (χ3n) is 5.01. The van der Waals surface area contributed by atoms with Crippen molar-refractivity contribution in [3.05, 3.63) is 89.4 Å². The number of halogens is 1. The van der Waals surface area contributed by atoms with Crippen molar-refractivity contribution in [2.24, 2.45) is 5.10 Å². The third kappa shape index (κ3) is 6.29. The van der Waals surface area contributed by atoms with Crippen LogP contribution in [0.5, 0.6) is 5.75 Å². The summed E-state index contributed by atoms with van der Waals surface area (Å²) in [6.45, 7) is 4.37. The van der Waals surface area contributed by atoms with Crippen LogP contribution >= 0.6 is 23.4 Å². The van der Waals surface area contributed by atoms with Crippen LogP contribution in [-0.4, -0.2) is 38.7 Å². The van der Waals surface area contributed by atoms with Crippen molar-refractivity contribution < 1.29 is 9.53 Å². The standard InChI is InChI=1S/C26H24ClN5O2S/c1-3-34-23-15-13-22(14-16-23)32-25(20-7-5-4-6-8-20)30-31-26(32)35-17-24(33)29-28-18(2)19-9-11-21(27)12-10-19/h4-16H,3,17H2,1-2H3,(H,29,33). The number of hydrazone groups is 1. The van der Waals surface area contributed by atoms with Gasteiger partial charge in [0.05, 0.1) is 18.1 Å². The van der Waals surface area contributed by atoms with Crippen LogP contribution in [0.4, 0.5) is 0 Å². The predicted octanol–water partition coefficient (Wildman–Crippen LogP) is 5.62. The lowest BCUT2D eigenvalue weighted by Gasteiger charge is -2.11. The van der Waals surface area contributed by atoms with Crippen molar-refractivity contribution in [3.63, 3.8) is 0 Å². The number of aromatic nitrogens is 3. The Morgan fingerprint density at radius 1 is 1.03 bits per heavy atom. The summed E-state index contributed by atoms with van der Waals surface area (Å²) in [5, 5.41) is 14.2. The van der Waals surface area contributed by atoms with Gasteiger partial charge in [0.1, 0.15) is 5.75 Å². The zero-order valence-corrected chi connectivity index (χ0v) is 20.9. The second kappa shape index (κ2) is 11.7. The van der Waals surface area contributed by atoms with Crippen molar-refractivity contribution in [2.75, 3.05) is 12.4 Å². The average molecular weight is 506 g/mol. The van der Waals surface area contributed by atoms with Crippen LogP contribution in [0.2, 0.25) is 5.02 Å². The molecule has 0 radical (unpaired) electrons. The molecule has 0 aliphatic carbocycles. The van der Waals surface area contributed by atoms with Gasteiger partial charge in [-0.05, 0) is 55.8 Å². The maximum Gasteiger partial charge on any atom is 0.250 e. The Hall–Kier alpha value is -3.62. The van der Waals surface area contributed by atoms with Gasteiger partial charge in [0, 0.05) is 16.3 Å². The van der Waals surface area contributed by atoms with Gasteiger partial charge in [0.25, 0.3) is 5.91 Å². The van der Waals surface area contributed by atoms with E-state index < -0.39 is 0 Å². The Kier molecular flexibility index (Phi) is 8.18. The molecule has 178 valence electrons. The molecule has 0 bridgehead atoms. The van der Waals surface area contributed by atoms with E-state index in [1.165, 1.54) is 11.8 Å². The molecule has 7 nitrogen and oxygen atoms in total. The van der Waals surface area contributed by atoms with Crippen molar-refractivity contribution in [1.82, 2.24) is 20.2 Å². The Labute approximate surface area is 213 Å². The van der Waals surface area contributed by atoms with Gasteiger partial charge in [-0.25, -0.2) is 5.43 Å². The summed E-state index contributed by atoms with van der Waals surface area (Å²) >= 11 is 7.22. The van der Waals surface area contributed by atoms with Gasteiger partial charge in [0.2, 0.25) is 0 Å². The molecule has 4 aromatic rings. The topological polar surface area (TPSA) is 81.4 Å². The first-order valence-corrected chi connectivity index (χ1v) is 12.4. The Morgan fingerprint density at radius 2 is 1.74 bits per heavy atom. The first-order chi connectivity index (χ1) is 17.0. The van der Waals surface area contributed by atoms with E-state index in [-0.39, 0.29) is 11.7 Å². The molecule has 1 heterocycles. The Bertz CT molecular complexity index is 1310. The molecule has 0 aliphatic heterocycles. The summed E-state index contributed by atoms with van der Waals surface area (Å²) in [4.78, 5) is 12.5. The summed E-state index contributed by atoms with van der Waals surface area (Å²) in [7, 11) is 0. The SMILES string of the molecule is CCOc1ccc(-n2c(SCC(=O)NN=C(C)c3ccc(Cl)cc3)nnc2-c2ccccc2)cc1. The highest BCUT2D eigenvalue weighted by Crippen LogP contribution is 2.28. The molecule has 1 N–H and O–H groups in total. The second-order valence-electron chi connectivity index (χ2n) is 7.46. The molecule has 0 saturated carbocycles. The molecule has 0 spiro atoms. The van der Waals surface area contributed by atoms with Gasteiger partial charge in [-0.1, -0.05) is 65.8 Å². The van der Waals surface area contributed by atoms with E-state index in [9.17, 15) is 4.79 Å². The van der Waals surface area contributed by atoms with Crippen molar-refractivity contribution in [3.8, 4) is 22.8 Å². The van der Waals surface area contributed by atoms with E-state index in [1.54, 1.807) is 12.1 Å². The number of carbonyl (C=O) groups excluding carboxylic acids is 1. The number of hydrogen-bond donors (Lipinski definition) is 1. The monoisotopic (exact) mass is 505 g/mol. The normalized spacial score (nSPS) is 11.3. The summed E-state index contributed by atoms with van der Waals surface area (Å²) in [5.74, 6) is 1.36. The highest BCUT2D eigenvalue weighted by molar-refractivity contribution is 7.99. The minimum absolute atomic E-state index is 0.126. The van der Waals surface area contributed by atoms with Crippen LogP contribution in [0, 0.1) is 0 Å². The van der Waals surface area contributed by atoms with E-state index in [2.05, 4.69) is 20.7 Å². The predicted molar refractivity (Wildman–Crippen MR) is 140 cm³/mol. The van der Waals surface area contributed by atoms with E-state index in [1.807, 2.05) is 85.1 Å². The lowest BCUT2D eigenvalue weighted by Crippen LogP contribution is -2.21. The molecule has 0 fully saturated rings. The van der Waals surface area contributed by atoms with Gasteiger partial charge in [-0.3, -0.25) is 9.36 Å². The zero-order chi connectivity index (χ0) is 24.6. The van der Waals surface area contributed by atoms with Crippen LogP contribution < -0.4 is 10.2 Å². The number of hydrogen-bond acceptors (Lipinski definition) is 6. The smallest absolute Gasteiger partial charge is 0.250 e. The maximum absolute atomic E-state index is 12.5. The molecule has 35 heavy (non-hydrogen) atoms. The molecule has 0 unspecified atom stereocenters. The van der Waals surface area contributed by atoms with Crippen molar-refractivity contribution in [1.29, 1.82) is 0 Å².